The summed E-state index contributed by atoms with van der Waals surface area (Å²) in [7, 11) is 0. The maximum atomic E-state index is 10.5. The van der Waals surface area contributed by atoms with E-state index >= 15 is 0 Å². The van der Waals surface area contributed by atoms with Gasteiger partial charge in [0, 0.05) is 22.2 Å². The van der Waals surface area contributed by atoms with Crippen LogP contribution < -0.4 is 0 Å². The average molecular weight is 320 g/mol. The van der Waals surface area contributed by atoms with Crippen molar-refractivity contribution in [1.29, 1.82) is 0 Å². The fourth-order valence-corrected chi connectivity index (χ4v) is 2.14. The number of hydrogen-bond donors (Lipinski definition) is 0. The number of nitro benzene ring substituents is 1. The molecule has 0 heterocycles. The highest BCUT2D eigenvalue weighted by Gasteiger charge is 2.01. The molecule has 0 radical (unpaired) electrons. The average Bonchev–Trinajstić information content (AvgIpc) is 2.46. The van der Waals surface area contributed by atoms with Crippen LogP contribution in [0.2, 0.25) is 10.0 Å². The molecule has 0 aliphatic carbocycles. The van der Waals surface area contributed by atoms with E-state index in [-0.39, 0.29) is 5.69 Å². The van der Waals surface area contributed by atoms with Gasteiger partial charge in [-0.05, 0) is 35.4 Å². The van der Waals surface area contributed by atoms with Crippen LogP contribution in [0.1, 0.15) is 11.1 Å². The molecule has 2 aromatic rings. The third kappa shape index (κ3) is 4.45. The SMILES string of the molecule is O=[N+]([O-])c1ccc(/C=C/C=C\c2ccc(Cl)cc2Cl)cc1. The van der Waals surface area contributed by atoms with Gasteiger partial charge in [0.05, 0.1) is 4.92 Å². The van der Waals surface area contributed by atoms with Crippen molar-refractivity contribution in [3.05, 3.63) is 85.9 Å². The van der Waals surface area contributed by atoms with Gasteiger partial charge in [0.15, 0.2) is 0 Å². The lowest BCUT2D eigenvalue weighted by molar-refractivity contribution is -0.384. The van der Waals surface area contributed by atoms with E-state index in [1.807, 2.05) is 30.4 Å². The second kappa shape index (κ2) is 7.07. The molecule has 3 nitrogen and oxygen atoms in total. The van der Waals surface area contributed by atoms with Crippen LogP contribution in [0, 0.1) is 10.1 Å². The van der Waals surface area contributed by atoms with E-state index in [9.17, 15) is 10.1 Å². The topological polar surface area (TPSA) is 43.1 Å². The monoisotopic (exact) mass is 319 g/mol. The molecule has 5 heteroatoms. The van der Waals surface area contributed by atoms with Gasteiger partial charge in [-0.15, -0.1) is 0 Å². The van der Waals surface area contributed by atoms with Gasteiger partial charge in [-0.1, -0.05) is 53.6 Å². The highest BCUT2D eigenvalue weighted by atomic mass is 35.5. The molecule has 2 rings (SSSR count). The normalized spacial score (nSPS) is 11.3. The molecule has 0 N–H and O–H groups in total. The Morgan fingerprint density at radius 3 is 2.24 bits per heavy atom. The Morgan fingerprint density at radius 1 is 0.952 bits per heavy atom. The number of halogens is 2. The summed E-state index contributed by atoms with van der Waals surface area (Å²) in [4.78, 5) is 10.1. The Balaban J connectivity index is 2.04. The van der Waals surface area contributed by atoms with E-state index in [0.717, 1.165) is 11.1 Å². The van der Waals surface area contributed by atoms with Gasteiger partial charge < -0.3 is 0 Å². The van der Waals surface area contributed by atoms with Crippen molar-refractivity contribution >= 4 is 41.0 Å². The standard InChI is InChI=1S/C16H11Cl2NO2/c17-14-8-7-13(16(18)11-14)4-2-1-3-12-5-9-15(10-6-12)19(20)21/h1-11H/b3-1+,4-2-. The van der Waals surface area contributed by atoms with Crippen LogP contribution in [0.25, 0.3) is 12.2 Å². The maximum Gasteiger partial charge on any atom is 0.269 e. The minimum atomic E-state index is -0.421. The molecular formula is C16H11Cl2NO2. The van der Waals surface area contributed by atoms with Gasteiger partial charge in [0.1, 0.15) is 0 Å². The van der Waals surface area contributed by atoms with Crippen molar-refractivity contribution in [3.63, 3.8) is 0 Å². The Morgan fingerprint density at radius 2 is 1.62 bits per heavy atom. The summed E-state index contributed by atoms with van der Waals surface area (Å²) in [6.07, 6.45) is 7.40. The van der Waals surface area contributed by atoms with Gasteiger partial charge in [0.25, 0.3) is 5.69 Å². The Kier molecular flexibility index (Phi) is 5.14. The fourth-order valence-electron chi connectivity index (χ4n) is 1.67. The summed E-state index contributed by atoms with van der Waals surface area (Å²) in [5, 5.41) is 11.7. The van der Waals surface area contributed by atoms with Crippen LogP contribution >= 0.6 is 23.2 Å². The van der Waals surface area contributed by atoms with Gasteiger partial charge in [-0.3, -0.25) is 10.1 Å². The second-order valence-electron chi connectivity index (χ2n) is 4.23. The molecule has 106 valence electrons. The summed E-state index contributed by atoms with van der Waals surface area (Å²) < 4.78 is 0. The minimum Gasteiger partial charge on any atom is -0.258 e. The molecule has 0 bridgehead atoms. The minimum absolute atomic E-state index is 0.0793. The van der Waals surface area contributed by atoms with Crippen molar-refractivity contribution < 1.29 is 4.92 Å². The van der Waals surface area contributed by atoms with E-state index in [0.29, 0.717) is 10.0 Å². The molecule has 0 aromatic heterocycles. The quantitative estimate of drug-likeness (QED) is 0.416. The predicted molar refractivity (Wildman–Crippen MR) is 87.6 cm³/mol. The first-order valence-corrected chi connectivity index (χ1v) is 6.86. The lowest BCUT2D eigenvalue weighted by Crippen LogP contribution is -1.86. The summed E-state index contributed by atoms with van der Waals surface area (Å²) in [6, 6.07) is 11.6. The van der Waals surface area contributed by atoms with Crippen LogP contribution in [-0.2, 0) is 0 Å². The lowest BCUT2D eigenvalue weighted by Gasteiger charge is -1.97. The summed E-state index contributed by atoms with van der Waals surface area (Å²) in [6.45, 7) is 0. The third-order valence-electron chi connectivity index (χ3n) is 2.74. The Bertz CT molecular complexity index is 707. The summed E-state index contributed by atoms with van der Waals surface area (Å²) >= 11 is 11.9. The van der Waals surface area contributed by atoms with Crippen LogP contribution in [0.3, 0.4) is 0 Å². The number of non-ortho nitro benzene ring substituents is 1. The zero-order valence-corrected chi connectivity index (χ0v) is 12.4. The third-order valence-corrected chi connectivity index (χ3v) is 3.30. The van der Waals surface area contributed by atoms with Crippen molar-refractivity contribution in [1.82, 2.24) is 0 Å². The van der Waals surface area contributed by atoms with Crippen LogP contribution in [0.4, 0.5) is 5.69 Å². The molecular weight excluding hydrogens is 309 g/mol. The molecule has 0 aliphatic rings. The predicted octanol–water partition coefficient (Wildman–Crippen LogP) is 5.63. The first kappa shape index (κ1) is 15.3. The van der Waals surface area contributed by atoms with Gasteiger partial charge in [-0.2, -0.15) is 0 Å². The van der Waals surface area contributed by atoms with E-state index < -0.39 is 4.92 Å². The van der Waals surface area contributed by atoms with Crippen LogP contribution in [0.15, 0.2) is 54.6 Å². The van der Waals surface area contributed by atoms with Gasteiger partial charge in [-0.25, -0.2) is 0 Å². The summed E-state index contributed by atoms with van der Waals surface area (Å²) in [5.74, 6) is 0. The van der Waals surface area contributed by atoms with Crippen LogP contribution in [0.5, 0.6) is 0 Å². The van der Waals surface area contributed by atoms with E-state index in [2.05, 4.69) is 0 Å². The van der Waals surface area contributed by atoms with Crippen molar-refractivity contribution in [2.75, 3.05) is 0 Å². The lowest BCUT2D eigenvalue weighted by atomic mass is 10.1. The Labute approximate surface area is 132 Å². The largest absolute Gasteiger partial charge is 0.269 e. The molecule has 0 fully saturated rings. The summed E-state index contributed by atoms with van der Waals surface area (Å²) in [5.41, 5.74) is 1.83. The number of nitro groups is 1. The van der Waals surface area contributed by atoms with Crippen molar-refractivity contribution in [2.45, 2.75) is 0 Å². The smallest absolute Gasteiger partial charge is 0.258 e. The maximum absolute atomic E-state index is 10.5. The first-order valence-electron chi connectivity index (χ1n) is 6.10. The van der Waals surface area contributed by atoms with E-state index in [4.69, 9.17) is 23.2 Å². The van der Waals surface area contributed by atoms with Crippen molar-refractivity contribution in [2.24, 2.45) is 0 Å². The molecule has 0 unspecified atom stereocenters. The molecule has 0 aliphatic heterocycles. The number of rotatable bonds is 4. The van der Waals surface area contributed by atoms with Gasteiger partial charge in [0.2, 0.25) is 0 Å². The number of hydrogen-bond acceptors (Lipinski definition) is 2. The molecule has 21 heavy (non-hydrogen) atoms. The first-order chi connectivity index (χ1) is 10.1. The Hall–Kier alpha value is -2.10. The van der Waals surface area contributed by atoms with Crippen LogP contribution in [-0.4, -0.2) is 4.92 Å². The van der Waals surface area contributed by atoms with E-state index in [1.54, 1.807) is 24.3 Å². The number of nitrogens with zero attached hydrogens (tertiary/aromatic N) is 1. The zero-order chi connectivity index (χ0) is 15.2. The van der Waals surface area contributed by atoms with Gasteiger partial charge >= 0.3 is 0 Å². The number of allylic oxidation sites excluding steroid dienone is 2. The molecule has 2 aromatic carbocycles. The molecule has 0 atom stereocenters. The highest BCUT2D eigenvalue weighted by Crippen LogP contribution is 2.22. The molecule has 0 saturated carbocycles. The fraction of sp³-hybridized carbons (Fsp3) is 0. The highest BCUT2D eigenvalue weighted by molar-refractivity contribution is 6.35. The zero-order valence-electron chi connectivity index (χ0n) is 10.9. The molecule has 0 spiro atoms. The molecule has 0 amide bonds. The second-order valence-corrected chi connectivity index (χ2v) is 5.08. The molecule has 0 saturated heterocycles. The van der Waals surface area contributed by atoms with E-state index in [1.165, 1.54) is 12.1 Å². The number of benzene rings is 2. The van der Waals surface area contributed by atoms with Crippen molar-refractivity contribution in [3.8, 4) is 0 Å².